The summed E-state index contributed by atoms with van der Waals surface area (Å²) < 4.78 is 4.91. The topological polar surface area (TPSA) is 97.4 Å². The highest BCUT2D eigenvalue weighted by atomic mass is 16.5. The molecule has 0 saturated carbocycles. The number of hydrogen-bond donors (Lipinski definition) is 2. The third-order valence-corrected chi connectivity index (χ3v) is 2.78. The van der Waals surface area contributed by atoms with Crippen molar-refractivity contribution in [3.8, 4) is 0 Å². The first-order valence-corrected chi connectivity index (χ1v) is 6.91. The van der Waals surface area contributed by atoms with E-state index in [1.807, 2.05) is 0 Å². The molecule has 0 radical (unpaired) electrons. The SMILES string of the molecule is CCOC(=O)c1ccccc1NC(=O)C(=O)Nc1ccccn1. The molecule has 0 bridgehead atoms. The van der Waals surface area contributed by atoms with Gasteiger partial charge < -0.3 is 15.4 Å². The predicted molar refractivity (Wildman–Crippen MR) is 83.9 cm³/mol. The van der Waals surface area contributed by atoms with Crippen LogP contribution in [0, 0.1) is 0 Å². The minimum absolute atomic E-state index is 0.174. The zero-order valence-corrected chi connectivity index (χ0v) is 12.4. The van der Waals surface area contributed by atoms with Crippen molar-refractivity contribution in [2.45, 2.75) is 6.92 Å². The summed E-state index contributed by atoms with van der Waals surface area (Å²) in [6, 6.07) is 11.2. The molecule has 0 aliphatic rings. The molecule has 0 spiro atoms. The number of anilines is 2. The van der Waals surface area contributed by atoms with Crippen LogP contribution in [0.4, 0.5) is 11.5 Å². The van der Waals surface area contributed by atoms with Crippen molar-refractivity contribution in [3.05, 3.63) is 54.2 Å². The second-order valence-corrected chi connectivity index (χ2v) is 4.39. The lowest BCUT2D eigenvalue weighted by Crippen LogP contribution is -2.30. The number of nitrogens with zero attached hydrogens (tertiary/aromatic N) is 1. The van der Waals surface area contributed by atoms with Crippen LogP contribution in [0.3, 0.4) is 0 Å². The van der Waals surface area contributed by atoms with E-state index in [1.165, 1.54) is 18.3 Å². The van der Waals surface area contributed by atoms with Crippen molar-refractivity contribution in [1.29, 1.82) is 0 Å². The Kier molecular flexibility index (Phi) is 5.40. The van der Waals surface area contributed by atoms with Crippen LogP contribution >= 0.6 is 0 Å². The van der Waals surface area contributed by atoms with Gasteiger partial charge in [0.1, 0.15) is 5.82 Å². The number of pyridine rings is 1. The van der Waals surface area contributed by atoms with Gasteiger partial charge in [-0.3, -0.25) is 9.59 Å². The maximum Gasteiger partial charge on any atom is 0.340 e. The molecule has 1 aromatic heterocycles. The molecule has 7 heteroatoms. The van der Waals surface area contributed by atoms with Crippen LogP contribution < -0.4 is 10.6 Å². The molecule has 2 rings (SSSR count). The van der Waals surface area contributed by atoms with Crippen molar-refractivity contribution >= 4 is 29.3 Å². The third kappa shape index (κ3) is 4.37. The molecule has 0 saturated heterocycles. The number of para-hydroxylation sites is 1. The lowest BCUT2D eigenvalue weighted by Gasteiger charge is -2.10. The van der Waals surface area contributed by atoms with Gasteiger partial charge in [0, 0.05) is 6.20 Å². The van der Waals surface area contributed by atoms with Gasteiger partial charge in [-0.2, -0.15) is 0 Å². The summed E-state index contributed by atoms with van der Waals surface area (Å²) in [4.78, 5) is 39.5. The molecule has 1 aromatic carbocycles. The van der Waals surface area contributed by atoms with E-state index in [1.54, 1.807) is 37.3 Å². The molecule has 0 fully saturated rings. The summed E-state index contributed by atoms with van der Waals surface area (Å²) in [6.45, 7) is 1.89. The second-order valence-electron chi connectivity index (χ2n) is 4.39. The average molecular weight is 313 g/mol. The third-order valence-electron chi connectivity index (χ3n) is 2.78. The Morgan fingerprint density at radius 2 is 1.70 bits per heavy atom. The van der Waals surface area contributed by atoms with E-state index >= 15 is 0 Å². The molecule has 0 atom stereocenters. The van der Waals surface area contributed by atoms with Crippen LogP contribution in [-0.4, -0.2) is 29.4 Å². The highest BCUT2D eigenvalue weighted by Crippen LogP contribution is 2.16. The average Bonchev–Trinajstić information content (AvgIpc) is 2.56. The number of carbonyl (C=O) groups is 3. The Hall–Kier alpha value is -3.22. The second kappa shape index (κ2) is 7.69. The van der Waals surface area contributed by atoms with Crippen molar-refractivity contribution in [2.75, 3.05) is 17.2 Å². The zero-order valence-electron chi connectivity index (χ0n) is 12.4. The van der Waals surface area contributed by atoms with E-state index in [-0.39, 0.29) is 23.7 Å². The van der Waals surface area contributed by atoms with Gasteiger partial charge in [-0.25, -0.2) is 9.78 Å². The molecule has 7 nitrogen and oxygen atoms in total. The van der Waals surface area contributed by atoms with E-state index in [4.69, 9.17) is 4.74 Å². The Morgan fingerprint density at radius 1 is 1.00 bits per heavy atom. The zero-order chi connectivity index (χ0) is 16.7. The van der Waals surface area contributed by atoms with Crippen molar-refractivity contribution < 1.29 is 19.1 Å². The van der Waals surface area contributed by atoms with E-state index < -0.39 is 17.8 Å². The first kappa shape index (κ1) is 16.2. The maximum atomic E-state index is 11.9. The van der Waals surface area contributed by atoms with Crippen molar-refractivity contribution in [1.82, 2.24) is 4.98 Å². The highest BCUT2D eigenvalue weighted by Gasteiger charge is 2.18. The number of ether oxygens (including phenoxy) is 1. The molecule has 0 aliphatic carbocycles. The lowest BCUT2D eigenvalue weighted by atomic mass is 10.2. The van der Waals surface area contributed by atoms with E-state index in [0.717, 1.165) is 0 Å². The molecule has 0 unspecified atom stereocenters. The van der Waals surface area contributed by atoms with Crippen LogP contribution in [0.25, 0.3) is 0 Å². The number of esters is 1. The van der Waals surface area contributed by atoms with Crippen LogP contribution in [0.5, 0.6) is 0 Å². The van der Waals surface area contributed by atoms with Crippen molar-refractivity contribution in [2.24, 2.45) is 0 Å². The molecule has 2 aromatic rings. The molecular formula is C16H15N3O4. The first-order chi connectivity index (χ1) is 11.1. The van der Waals surface area contributed by atoms with Crippen LogP contribution in [0.1, 0.15) is 17.3 Å². The van der Waals surface area contributed by atoms with Gasteiger partial charge in [0.15, 0.2) is 0 Å². The van der Waals surface area contributed by atoms with Crippen LogP contribution in [0.2, 0.25) is 0 Å². The number of aromatic nitrogens is 1. The van der Waals surface area contributed by atoms with Gasteiger partial charge >= 0.3 is 17.8 Å². The molecule has 1 heterocycles. The van der Waals surface area contributed by atoms with Crippen LogP contribution in [0.15, 0.2) is 48.7 Å². The molecule has 23 heavy (non-hydrogen) atoms. The minimum Gasteiger partial charge on any atom is -0.462 e. The normalized spacial score (nSPS) is 9.78. The first-order valence-electron chi connectivity index (χ1n) is 6.91. The monoisotopic (exact) mass is 313 g/mol. The Bertz CT molecular complexity index is 716. The summed E-state index contributed by atoms with van der Waals surface area (Å²) in [5.41, 5.74) is 0.375. The minimum atomic E-state index is -0.910. The summed E-state index contributed by atoms with van der Waals surface area (Å²) in [6.07, 6.45) is 1.49. The van der Waals surface area contributed by atoms with Crippen LogP contribution in [-0.2, 0) is 14.3 Å². The van der Waals surface area contributed by atoms with E-state index in [0.29, 0.717) is 0 Å². The number of carbonyl (C=O) groups excluding carboxylic acids is 3. The molecule has 2 amide bonds. The quantitative estimate of drug-likeness (QED) is 0.663. The van der Waals surface area contributed by atoms with E-state index in [2.05, 4.69) is 15.6 Å². The summed E-state index contributed by atoms with van der Waals surface area (Å²) in [7, 11) is 0. The van der Waals surface area contributed by atoms with Gasteiger partial charge in [0.05, 0.1) is 17.9 Å². The lowest BCUT2D eigenvalue weighted by molar-refractivity contribution is -0.133. The summed E-state index contributed by atoms with van der Waals surface area (Å²) in [5, 5.41) is 4.75. The van der Waals surface area contributed by atoms with Gasteiger partial charge in [0.25, 0.3) is 0 Å². The fourth-order valence-corrected chi connectivity index (χ4v) is 1.77. The van der Waals surface area contributed by atoms with E-state index in [9.17, 15) is 14.4 Å². The largest absolute Gasteiger partial charge is 0.462 e. The smallest absolute Gasteiger partial charge is 0.340 e. The molecule has 118 valence electrons. The number of nitrogens with one attached hydrogen (secondary N) is 2. The highest BCUT2D eigenvalue weighted by molar-refractivity contribution is 6.43. The Morgan fingerprint density at radius 3 is 2.39 bits per heavy atom. The number of benzene rings is 1. The molecule has 2 N–H and O–H groups in total. The fourth-order valence-electron chi connectivity index (χ4n) is 1.77. The number of rotatable bonds is 4. The van der Waals surface area contributed by atoms with Gasteiger partial charge in [0.2, 0.25) is 0 Å². The number of amides is 2. The van der Waals surface area contributed by atoms with Gasteiger partial charge in [-0.1, -0.05) is 18.2 Å². The summed E-state index contributed by atoms with van der Waals surface area (Å²) in [5.74, 6) is -2.12. The fraction of sp³-hybridized carbons (Fsp3) is 0.125. The van der Waals surface area contributed by atoms with Gasteiger partial charge in [-0.15, -0.1) is 0 Å². The maximum absolute atomic E-state index is 11.9. The standard InChI is InChI=1S/C16H15N3O4/c1-2-23-16(22)11-7-3-4-8-12(11)18-14(20)15(21)19-13-9-5-6-10-17-13/h3-10H,2H2,1H3,(H,18,20)(H,17,19,21). The van der Waals surface area contributed by atoms with Gasteiger partial charge in [-0.05, 0) is 31.2 Å². The molecule has 0 aliphatic heterocycles. The molecular weight excluding hydrogens is 298 g/mol. The van der Waals surface area contributed by atoms with Crippen molar-refractivity contribution in [3.63, 3.8) is 0 Å². The Balaban J connectivity index is 2.08. The number of hydrogen-bond acceptors (Lipinski definition) is 5. The Labute approximate surface area is 132 Å². The predicted octanol–water partition coefficient (Wildman–Crippen LogP) is 1.84. The summed E-state index contributed by atoms with van der Waals surface area (Å²) >= 11 is 0.